The monoisotopic (exact) mass is 421 g/mol. The molecule has 4 atom stereocenters. The quantitative estimate of drug-likeness (QED) is 0.582. The second-order valence-electron chi connectivity index (χ2n) is 8.85. The Morgan fingerprint density at radius 1 is 1.03 bits per heavy atom. The van der Waals surface area contributed by atoms with Gasteiger partial charge in [-0.1, -0.05) is 6.07 Å². The molecule has 4 heterocycles. The van der Waals surface area contributed by atoms with Crippen LogP contribution in [0, 0.1) is 0 Å². The lowest BCUT2D eigenvalue weighted by Crippen LogP contribution is -2.50. The Hall–Kier alpha value is -3.07. The third-order valence-corrected chi connectivity index (χ3v) is 6.70. The van der Waals surface area contributed by atoms with Crippen molar-refractivity contribution in [3.05, 3.63) is 36.8 Å². The molecule has 0 radical (unpaired) electrons. The molecule has 9 heteroatoms. The molecule has 8 nitrogen and oxygen atoms in total. The highest BCUT2D eigenvalue weighted by atomic mass is 19.1. The fourth-order valence-corrected chi connectivity index (χ4v) is 5.06. The van der Waals surface area contributed by atoms with Crippen molar-refractivity contribution in [2.45, 2.75) is 62.4 Å². The Bertz CT molecular complexity index is 1070. The number of rotatable bonds is 5. The summed E-state index contributed by atoms with van der Waals surface area (Å²) in [4.78, 5) is 6.87. The number of aromatic amines is 1. The lowest BCUT2D eigenvalue weighted by Gasteiger charge is -2.37. The van der Waals surface area contributed by atoms with Crippen molar-refractivity contribution in [1.82, 2.24) is 30.7 Å². The van der Waals surface area contributed by atoms with E-state index in [1.165, 1.54) is 0 Å². The molecule has 3 N–H and O–H groups in total. The summed E-state index contributed by atoms with van der Waals surface area (Å²) in [6, 6.07) is 6.22. The lowest BCUT2D eigenvalue weighted by atomic mass is 9.98. The molecule has 2 aliphatic heterocycles. The molecule has 1 aromatic carbocycles. The summed E-state index contributed by atoms with van der Waals surface area (Å²) in [6.07, 6.45) is 8.89. The SMILES string of the molecule is Oc1cc(-c2cn[nH]c2)ccc1-c1cnc(N(C2CC2)[C@H]2C[C@@H]3C[C@H](F)[C@@H](C2)N3)nn1. The number of phenols is 1. The van der Waals surface area contributed by atoms with Gasteiger partial charge in [-0.05, 0) is 49.8 Å². The van der Waals surface area contributed by atoms with Crippen LogP contribution in [0.1, 0.15) is 32.1 Å². The minimum absolute atomic E-state index is 0.0667. The molecule has 2 aromatic heterocycles. The van der Waals surface area contributed by atoms with Crippen molar-refractivity contribution in [2.24, 2.45) is 0 Å². The van der Waals surface area contributed by atoms with Crippen molar-refractivity contribution >= 4 is 5.95 Å². The van der Waals surface area contributed by atoms with E-state index in [0.29, 0.717) is 29.7 Å². The van der Waals surface area contributed by atoms with E-state index < -0.39 is 6.17 Å². The molecule has 3 aromatic rings. The molecule has 6 rings (SSSR count). The van der Waals surface area contributed by atoms with Gasteiger partial charge in [0.25, 0.3) is 0 Å². The third kappa shape index (κ3) is 3.42. The summed E-state index contributed by atoms with van der Waals surface area (Å²) in [5.41, 5.74) is 2.86. The predicted molar refractivity (Wildman–Crippen MR) is 113 cm³/mol. The zero-order valence-corrected chi connectivity index (χ0v) is 16.9. The van der Waals surface area contributed by atoms with E-state index in [0.717, 1.165) is 36.8 Å². The standard InChI is InChI=1S/C22H24FN7O/c23-18-7-14-6-16(8-19(18)27-14)30(15-2-3-15)22-24-11-20(28-29-22)17-4-1-12(5-21(17)31)13-9-25-26-10-13/h1,4-5,9-11,14-16,18-19,27,31H,2-3,6-8H2,(H,25,26)/t14-,16+,18+,19-/m1/s1. The number of halogens is 1. The van der Waals surface area contributed by atoms with Crippen molar-refractivity contribution in [3.8, 4) is 28.1 Å². The first-order valence-electron chi connectivity index (χ1n) is 10.9. The van der Waals surface area contributed by atoms with Gasteiger partial charge in [0.2, 0.25) is 5.95 Å². The minimum atomic E-state index is -0.759. The Balaban J connectivity index is 1.25. The number of hydrogen-bond donors (Lipinski definition) is 3. The highest BCUT2D eigenvalue weighted by Crippen LogP contribution is 2.39. The van der Waals surface area contributed by atoms with Gasteiger partial charge < -0.3 is 15.3 Å². The van der Waals surface area contributed by atoms with Gasteiger partial charge in [-0.2, -0.15) is 5.10 Å². The van der Waals surface area contributed by atoms with Crippen LogP contribution in [-0.4, -0.2) is 60.8 Å². The number of H-pyrrole nitrogens is 1. The van der Waals surface area contributed by atoms with Gasteiger partial charge in [-0.25, -0.2) is 9.37 Å². The Kier molecular flexibility index (Phi) is 4.38. The smallest absolute Gasteiger partial charge is 0.245 e. The minimum Gasteiger partial charge on any atom is -0.507 e. The largest absolute Gasteiger partial charge is 0.507 e. The summed E-state index contributed by atoms with van der Waals surface area (Å²) in [7, 11) is 0. The molecular weight excluding hydrogens is 397 g/mol. The molecule has 2 saturated heterocycles. The first kappa shape index (κ1) is 18.7. The Morgan fingerprint density at radius 3 is 2.61 bits per heavy atom. The molecule has 1 aliphatic carbocycles. The van der Waals surface area contributed by atoms with Gasteiger partial charge in [0.1, 0.15) is 17.6 Å². The van der Waals surface area contributed by atoms with E-state index in [1.54, 1.807) is 24.7 Å². The number of nitrogens with one attached hydrogen (secondary N) is 2. The highest BCUT2D eigenvalue weighted by molar-refractivity contribution is 5.73. The molecule has 0 spiro atoms. The normalized spacial score (nSPS) is 27.4. The second-order valence-corrected chi connectivity index (χ2v) is 8.85. The van der Waals surface area contributed by atoms with E-state index in [4.69, 9.17) is 0 Å². The fourth-order valence-electron chi connectivity index (χ4n) is 5.06. The zero-order chi connectivity index (χ0) is 20.9. The van der Waals surface area contributed by atoms with Gasteiger partial charge in [0.15, 0.2) is 0 Å². The molecule has 31 heavy (non-hydrogen) atoms. The van der Waals surface area contributed by atoms with Crippen LogP contribution in [0.5, 0.6) is 5.75 Å². The van der Waals surface area contributed by atoms with Crippen molar-refractivity contribution in [2.75, 3.05) is 4.90 Å². The lowest BCUT2D eigenvalue weighted by molar-refractivity contribution is 0.271. The maximum absolute atomic E-state index is 14.2. The third-order valence-electron chi connectivity index (χ3n) is 6.70. The Labute approximate surface area is 178 Å². The topological polar surface area (TPSA) is 103 Å². The number of aromatic hydroxyl groups is 1. The molecule has 3 fully saturated rings. The fraction of sp³-hybridized carbons (Fsp3) is 0.455. The van der Waals surface area contributed by atoms with E-state index in [-0.39, 0.29) is 23.9 Å². The average molecular weight is 421 g/mol. The summed E-state index contributed by atoms with van der Waals surface area (Å²) < 4.78 is 14.2. The average Bonchev–Trinajstić information content (AvgIpc) is 3.37. The number of anilines is 1. The number of hydrogen-bond acceptors (Lipinski definition) is 7. The number of nitrogens with zero attached hydrogens (tertiary/aromatic N) is 5. The van der Waals surface area contributed by atoms with Gasteiger partial charge in [0.05, 0.1) is 12.4 Å². The van der Waals surface area contributed by atoms with Crippen molar-refractivity contribution in [3.63, 3.8) is 0 Å². The van der Waals surface area contributed by atoms with Gasteiger partial charge in [0, 0.05) is 41.5 Å². The van der Waals surface area contributed by atoms with Crippen LogP contribution in [0.4, 0.5) is 10.3 Å². The second kappa shape index (κ2) is 7.26. The number of fused-ring (bicyclic) bond motifs is 2. The molecule has 1 saturated carbocycles. The van der Waals surface area contributed by atoms with Crippen LogP contribution in [0.2, 0.25) is 0 Å². The van der Waals surface area contributed by atoms with E-state index >= 15 is 0 Å². The number of alkyl halides is 1. The summed E-state index contributed by atoms with van der Waals surface area (Å²) in [5, 5.41) is 29.4. The zero-order valence-electron chi connectivity index (χ0n) is 16.9. The number of piperidine rings is 1. The van der Waals surface area contributed by atoms with Crippen LogP contribution in [0.3, 0.4) is 0 Å². The first-order chi connectivity index (χ1) is 15.2. The molecule has 2 bridgehead atoms. The summed E-state index contributed by atoms with van der Waals surface area (Å²) in [6.45, 7) is 0. The van der Waals surface area contributed by atoms with Crippen LogP contribution < -0.4 is 10.2 Å². The molecule has 0 amide bonds. The summed E-state index contributed by atoms with van der Waals surface area (Å²) in [5.74, 6) is 0.716. The van der Waals surface area contributed by atoms with Gasteiger partial charge in [-0.3, -0.25) is 5.10 Å². The highest BCUT2D eigenvalue weighted by Gasteiger charge is 2.46. The molecule has 160 valence electrons. The van der Waals surface area contributed by atoms with Crippen LogP contribution >= 0.6 is 0 Å². The van der Waals surface area contributed by atoms with Gasteiger partial charge in [-0.15, -0.1) is 10.2 Å². The molecule has 0 unspecified atom stereocenters. The summed E-state index contributed by atoms with van der Waals surface area (Å²) >= 11 is 0. The van der Waals surface area contributed by atoms with Crippen LogP contribution in [0.25, 0.3) is 22.4 Å². The number of benzene rings is 1. The van der Waals surface area contributed by atoms with E-state index in [1.807, 2.05) is 12.1 Å². The molecular formula is C22H24FN7O. The predicted octanol–water partition coefficient (Wildman–Crippen LogP) is 2.83. The first-order valence-corrected chi connectivity index (χ1v) is 10.9. The maximum atomic E-state index is 14.2. The maximum Gasteiger partial charge on any atom is 0.245 e. The number of phenolic OH excluding ortho intramolecular Hbond substituents is 1. The van der Waals surface area contributed by atoms with Crippen molar-refractivity contribution < 1.29 is 9.50 Å². The van der Waals surface area contributed by atoms with Gasteiger partial charge >= 0.3 is 0 Å². The van der Waals surface area contributed by atoms with E-state index in [2.05, 4.69) is 35.6 Å². The Morgan fingerprint density at radius 2 is 1.94 bits per heavy atom. The van der Waals surface area contributed by atoms with Crippen molar-refractivity contribution in [1.29, 1.82) is 0 Å². The van der Waals surface area contributed by atoms with Crippen LogP contribution in [0.15, 0.2) is 36.8 Å². The van der Waals surface area contributed by atoms with Crippen LogP contribution in [-0.2, 0) is 0 Å². The number of aromatic nitrogens is 5. The van der Waals surface area contributed by atoms with E-state index in [9.17, 15) is 9.50 Å². The molecule has 3 aliphatic rings.